The summed E-state index contributed by atoms with van der Waals surface area (Å²) in [6, 6.07) is 4.58. The predicted molar refractivity (Wildman–Crippen MR) is 74.4 cm³/mol. The van der Waals surface area contributed by atoms with Crippen LogP contribution in [0.1, 0.15) is 11.3 Å². The molecule has 0 aliphatic rings. The van der Waals surface area contributed by atoms with Crippen LogP contribution in [0.3, 0.4) is 0 Å². The Morgan fingerprint density at radius 1 is 1.47 bits per heavy atom. The highest BCUT2D eigenvalue weighted by molar-refractivity contribution is 9.10. The minimum absolute atomic E-state index is 0.0415. The molecule has 4 nitrogen and oxygen atoms in total. The highest BCUT2D eigenvalue weighted by Gasteiger charge is 2.09. The maximum absolute atomic E-state index is 13.5. The molecular formula is C13H13BrFN3O. The van der Waals surface area contributed by atoms with E-state index in [1.165, 1.54) is 10.7 Å². The molecule has 19 heavy (non-hydrogen) atoms. The summed E-state index contributed by atoms with van der Waals surface area (Å²) in [6.07, 6.45) is 1.71. The van der Waals surface area contributed by atoms with Gasteiger partial charge in [-0.2, -0.15) is 5.10 Å². The Labute approximate surface area is 118 Å². The van der Waals surface area contributed by atoms with Gasteiger partial charge in [-0.3, -0.25) is 9.48 Å². The van der Waals surface area contributed by atoms with E-state index in [-0.39, 0.29) is 18.1 Å². The normalized spacial score (nSPS) is 10.5. The molecule has 0 saturated heterocycles. The van der Waals surface area contributed by atoms with Crippen LogP contribution in [0.25, 0.3) is 0 Å². The van der Waals surface area contributed by atoms with Gasteiger partial charge in [0.15, 0.2) is 0 Å². The summed E-state index contributed by atoms with van der Waals surface area (Å²) in [4.78, 5) is 11.8. The Balaban J connectivity index is 2.07. The van der Waals surface area contributed by atoms with Crippen molar-refractivity contribution in [1.29, 1.82) is 0 Å². The minimum atomic E-state index is -0.447. The van der Waals surface area contributed by atoms with Gasteiger partial charge in [-0.15, -0.1) is 0 Å². The largest absolute Gasteiger partial charge is 0.322 e. The standard InChI is InChI=1S/C13H13BrFN3O/c1-8-3-4-11(15)12(5-8)16-13(19)7-18-6-10(14)9(2)17-18/h3-6H,7H2,1-2H3,(H,16,19). The molecule has 100 valence electrons. The van der Waals surface area contributed by atoms with Crippen LogP contribution in [0.4, 0.5) is 10.1 Å². The highest BCUT2D eigenvalue weighted by Crippen LogP contribution is 2.16. The molecule has 1 aromatic heterocycles. The van der Waals surface area contributed by atoms with Crippen molar-refractivity contribution in [2.24, 2.45) is 0 Å². The first kappa shape index (κ1) is 13.7. The fourth-order valence-electron chi connectivity index (χ4n) is 1.65. The number of hydrogen-bond donors (Lipinski definition) is 1. The molecule has 0 saturated carbocycles. The fourth-order valence-corrected chi connectivity index (χ4v) is 1.96. The van der Waals surface area contributed by atoms with Crippen molar-refractivity contribution in [3.8, 4) is 0 Å². The number of nitrogens with one attached hydrogen (secondary N) is 1. The molecule has 0 aliphatic carbocycles. The summed E-state index contributed by atoms with van der Waals surface area (Å²) < 4.78 is 15.8. The van der Waals surface area contributed by atoms with E-state index in [4.69, 9.17) is 0 Å². The van der Waals surface area contributed by atoms with Gasteiger partial charge in [-0.25, -0.2) is 4.39 Å². The second-order valence-electron chi connectivity index (χ2n) is 4.29. The Morgan fingerprint density at radius 2 is 2.21 bits per heavy atom. The van der Waals surface area contributed by atoms with E-state index in [1.54, 1.807) is 18.3 Å². The third kappa shape index (κ3) is 3.41. The number of hydrogen-bond acceptors (Lipinski definition) is 2. The molecule has 0 bridgehead atoms. The van der Waals surface area contributed by atoms with Gasteiger partial charge in [0.1, 0.15) is 12.4 Å². The SMILES string of the molecule is Cc1ccc(F)c(NC(=O)Cn2cc(Br)c(C)n2)c1. The van der Waals surface area contributed by atoms with Crippen molar-refractivity contribution in [3.63, 3.8) is 0 Å². The van der Waals surface area contributed by atoms with E-state index in [0.717, 1.165) is 15.7 Å². The Bertz CT molecular complexity index is 605. The molecule has 2 rings (SSSR count). The molecule has 6 heteroatoms. The molecule has 1 heterocycles. The van der Waals surface area contributed by atoms with Gasteiger partial charge in [-0.1, -0.05) is 6.07 Å². The number of carbonyl (C=O) groups excluding carboxylic acids is 1. The van der Waals surface area contributed by atoms with Crippen LogP contribution in [-0.2, 0) is 11.3 Å². The number of benzene rings is 1. The molecule has 1 amide bonds. The van der Waals surface area contributed by atoms with Gasteiger partial charge >= 0.3 is 0 Å². The summed E-state index contributed by atoms with van der Waals surface area (Å²) >= 11 is 3.32. The Morgan fingerprint density at radius 3 is 2.84 bits per heavy atom. The highest BCUT2D eigenvalue weighted by atomic mass is 79.9. The third-order valence-electron chi connectivity index (χ3n) is 2.59. The summed E-state index contributed by atoms with van der Waals surface area (Å²) in [7, 11) is 0. The van der Waals surface area contributed by atoms with E-state index in [9.17, 15) is 9.18 Å². The van der Waals surface area contributed by atoms with Gasteiger partial charge in [0, 0.05) is 6.20 Å². The molecule has 0 atom stereocenters. The number of anilines is 1. The first-order chi connectivity index (χ1) is 8.95. The van der Waals surface area contributed by atoms with Crippen LogP contribution in [0.5, 0.6) is 0 Å². The van der Waals surface area contributed by atoms with Crippen molar-refractivity contribution in [3.05, 3.63) is 45.9 Å². The lowest BCUT2D eigenvalue weighted by atomic mass is 10.2. The minimum Gasteiger partial charge on any atom is -0.322 e. The van der Waals surface area contributed by atoms with Crippen LogP contribution in [0.2, 0.25) is 0 Å². The summed E-state index contributed by atoms with van der Waals surface area (Å²) in [5.74, 6) is -0.767. The van der Waals surface area contributed by atoms with Gasteiger partial charge in [-0.05, 0) is 47.5 Å². The molecule has 1 N–H and O–H groups in total. The lowest BCUT2D eigenvalue weighted by molar-refractivity contribution is -0.116. The van der Waals surface area contributed by atoms with Crippen LogP contribution >= 0.6 is 15.9 Å². The van der Waals surface area contributed by atoms with Crippen molar-refractivity contribution in [2.75, 3.05) is 5.32 Å². The molecule has 0 unspecified atom stereocenters. The molecule has 0 spiro atoms. The number of amides is 1. The number of aryl methyl sites for hydroxylation is 2. The number of halogens is 2. The smallest absolute Gasteiger partial charge is 0.246 e. The number of aromatic nitrogens is 2. The molecule has 0 fully saturated rings. The molecular weight excluding hydrogens is 313 g/mol. The van der Waals surface area contributed by atoms with Crippen molar-refractivity contribution < 1.29 is 9.18 Å². The van der Waals surface area contributed by atoms with E-state index in [0.29, 0.717) is 0 Å². The number of carbonyl (C=O) groups is 1. The number of rotatable bonds is 3. The average Bonchev–Trinajstić information content (AvgIpc) is 2.63. The lowest BCUT2D eigenvalue weighted by Gasteiger charge is -2.07. The Hall–Kier alpha value is -1.69. The zero-order chi connectivity index (χ0) is 14.0. The van der Waals surface area contributed by atoms with Gasteiger partial charge in [0.05, 0.1) is 15.9 Å². The summed E-state index contributed by atoms with van der Waals surface area (Å²) in [5.41, 5.74) is 1.87. The Kier molecular flexibility index (Phi) is 3.99. The second kappa shape index (κ2) is 5.52. The van der Waals surface area contributed by atoms with E-state index < -0.39 is 5.82 Å². The monoisotopic (exact) mass is 325 g/mol. The summed E-state index contributed by atoms with van der Waals surface area (Å²) in [6.45, 7) is 3.71. The predicted octanol–water partition coefficient (Wildman–Crippen LogP) is 3.04. The molecule has 2 aromatic rings. The van der Waals surface area contributed by atoms with Crippen molar-refractivity contribution >= 4 is 27.5 Å². The second-order valence-corrected chi connectivity index (χ2v) is 5.15. The molecule has 1 aromatic carbocycles. The molecule has 0 radical (unpaired) electrons. The van der Waals surface area contributed by atoms with Crippen molar-refractivity contribution in [1.82, 2.24) is 9.78 Å². The maximum Gasteiger partial charge on any atom is 0.246 e. The molecule has 0 aliphatic heterocycles. The van der Waals surface area contributed by atoms with Crippen molar-refractivity contribution in [2.45, 2.75) is 20.4 Å². The van der Waals surface area contributed by atoms with Crippen LogP contribution in [-0.4, -0.2) is 15.7 Å². The van der Waals surface area contributed by atoms with E-state index >= 15 is 0 Å². The van der Waals surface area contributed by atoms with E-state index in [1.807, 2.05) is 13.8 Å². The fraction of sp³-hybridized carbons (Fsp3) is 0.231. The van der Waals surface area contributed by atoms with Gasteiger partial charge in [0.2, 0.25) is 5.91 Å². The third-order valence-corrected chi connectivity index (χ3v) is 3.37. The zero-order valence-electron chi connectivity index (χ0n) is 10.6. The topological polar surface area (TPSA) is 46.9 Å². The van der Waals surface area contributed by atoms with Gasteiger partial charge < -0.3 is 5.32 Å². The zero-order valence-corrected chi connectivity index (χ0v) is 12.2. The quantitative estimate of drug-likeness (QED) is 0.942. The summed E-state index contributed by atoms with van der Waals surface area (Å²) in [5, 5.41) is 6.69. The van der Waals surface area contributed by atoms with Crippen LogP contribution in [0, 0.1) is 19.7 Å². The average molecular weight is 326 g/mol. The first-order valence-electron chi connectivity index (χ1n) is 5.71. The number of nitrogens with zero attached hydrogens (tertiary/aromatic N) is 2. The van der Waals surface area contributed by atoms with Gasteiger partial charge in [0.25, 0.3) is 0 Å². The van der Waals surface area contributed by atoms with E-state index in [2.05, 4.69) is 26.3 Å². The van der Waals surface area contributed by atoms with Crippen LogP contribution in [0.15, 0.2) is 28.9 Å². The maximum atomic E-state index is 13.5. The lowest BCUT2D eigenvalue weighted by Crippen LogP contribution is -2.19. The van der Waals surface area contributed by atoms with Crippen LogP contribution < -0.4 is 5.32 Å². The first-order valence-corrected chi connectivity index (χ1v) is 6.50.